The summed E-state index contributed by atoms with van der Waals surface area (Å²) in [6, 6.07) is 83.3. The van der Waals surface area contributed by atoms with Gasteiger partial charge in [0.05, 0.1) is 16.8 Å². The normalized spacial score (nSPS) is 14.5. The summed E-state index contributed by atoms with van der Waals surface area (Å²) >= 11 is 0. The van der Waals surface area contributed by atoms with E-state index in [2.05, 4.69) is 240 Å². The lowest BCUT2D eigenvalue weighted by atomic mass is 9.66. The Bertz CT molecular complexity index is 3270. The second-order valence-corrected chi connectivity index (χ2v) is 15.7. The van der Waals surface area contributed by atoms with Crippen LogP contribution in [0.1, 0.15) is 22.3 Å². The van der Waals surface area contributed by atoms with Crippen molar-refractivity contribution in [2.45, 2.75) is 5.41 Å². The van der Waals surface area contributed by atoms with Gasteiger partial charge in [0.2, 0.25) is 0 Å². The molecule has 1 aliphatic heterocycles. The molecule has 282 valence electrons. The molecule has 0 fully saturated rings. The summed E-state index contributed by atoms with van der Waals surface area (Å²) in [5, 5.41) is 4.81. The quantitative estimate of drug-likeness (QED) is 0.168. The first kappa shape index (κ1) is 34.2. The van der Waals surface area contributed by atoms with Gasteiger partial charge in [-0.15, -0.1) is 0 Å². The van der Waals surface area contributed by atoms with Gasteiger partial charge < -0.3 is 14.5 Å². The number of hydrogen-bond acceptors (Lipinski definition) is 3. The maximum absolute atomic E-state index is 7.24. The maximum atomic E-state index is 7.24. The van der Waals surface area contributed by atoms with E-state index in [0.717, 1.165) is 56.8 Å². The molecule has 1 heterocycles. The lowest BCUT2D eigenvalue weighted by molar-refractivity contribution is 0.437. The summed E-state index contributed by atoms with van der Waals surface area (Å²) in [6.07, 6.45) is 0. The molecule has 0 N–H and O–H groups in total. The first-order chi connectivity index (χ1) is 29.8. The van der Waals surface area contributed by atoms with Gasteiger partial charge in [-0.2, -0.15) is 0 Å². The molecule has 1 aliphatic carbocycles. The smallest absolute Gasteiger partial charge is 0.156 e. The molecule has 0 saturated heterocycles. The number of ether oxygens (including phenoxy) is 1. The highest BCUT2D eigenvalue weighted by molar-refractivity contribution is 6.00. The standard InChI is InChI=1S/C57H38N2O/c1-3-21-43(22-4-1)58(45-35-33-39-17-7-9-19-41(39)37-45)52-30-15-28-50-55(52)47-25-11-12-26-48(47)57(50)49-27-13-14-32-54(49)60-56-51(57)29-16-31-53(56)59(44-23-5-2-6-24-44)46-36-34-40-18-8-10-20-42(40)38-46/h1-38H. The van der Waals surface area contributed by atoms with Gasteiger partial charge in [-0.25, -0.2) is 0 Å². The number of fused-ring (bicyclic) bond motifs is 11. The van der Waals surface area contributed by atoms with Gasteiger partial charge in [-0.05, 0) is 105 Å². The molecule has 0 radical (unpaired) electrons. The van der Waals surface area contributed by atoms with Crippen molar-refractivity contribution < 1.29 is 4.74 Å². The molecule has 10 aromatic carbocycles. The van der Waals surface area contributed by atoms with Gasteiger partial charge in [-0.1, -0.05) is 164 Å². The fourth-order valence-corrected chi connectivity index (χ4v) is 9.94. The van der Waals surface area contributed by atoms with E-state index in [-0.39, 0.29) is 0 Å². The summed E-state index contributed by atoms with van der Waals surface area (Å²) in [5.41, 5.74) is 12.9. The summed E-state index contributed by atoms with van der Waals surface area (Å²) < 4.78 is 7.24. The van der Waals surface area contributed by atoms with Crippen LogP contribution in [0, 0.1) is 0 Å². The summed E-state index contributed by atoms with van der Waals surface area (Å²) in [7, 11) is 0. The van der Waals surface area contributed by atoms with Crippen LogP contribution >= 0.6 is 0 Å². The molecule has 0 amide bonds. The van der Waals surface area contributed by atoms with Crippen LogP contribution in [0.15, 0.2) is 231 Å². The van der Waals surface area contributed by atoms with E-state index in [1.165, 1.54) is 43.8 Å². The molecular weight excluding hydrogens is 729 g/mol. The first-order valence-corrected chi connectivity index (χ1v) is 20.6. The number of hydrogen-bond donors (Lipinski definition) is 0. The molecule has 3 nitrogen and oxygen atoms in total. The molecule has 0 bridgehead atoms. The molecule has 1 spiro atoms. The van der Waals surface area contributed by atoms with Crippen LogP contribution in [0.3, 0.4) is 0 Å². The first-order valence-electron chi connectivity index (χ1n) is 20.6. The van der Waals surface area contributed by atoms with Crippen LogP contribution in [0.4, 0.5) is 34.1 Å². The van der Waals surface area contributed by atoms with Crippen molar-refractivity contribution in [3.05, 3.63) is 253 Å². The Morgan fingerprint density at radius 3 is 1.45 bits per heavy atom. The molecule has 12 rings (SSSR count). The molecule has 0 aromatic heterocycles. The molecule has 10 aromatic rings. The predicted molar refractivity (Wildman–Crippen MR) is 248 cm³/mol. The largest absolute Gasteiger partial charge is 0.454 e. The van der Waals surface area contributed by atoms with E-state index < -0.39 is 5.41 Å². The molecule has 1 atom stereocenters. The molecule has 0 saturated carbocycles. The zero-order valence-electron chi connectivity index (χ0n) is 32.7. The summed E-state index contributed by atoms with van der Waals surface area (Å²) in [6.45, 7) is 0. The van der Waals surface area contributed by atoms with E-state index in [4.69, 9.17) is 4.74 Å². The van der Waals surface area contributed by atoms with E-state index in [1.54, 1.807) is 0 Å². The van der Waals surface area contributed by atoms with Crippen LogP contribution in [-0.2, 0) is 5.41 Å². The number of anilines is 6. The fourth-order valence-electron chi connectivity index (χ4n) is 9.94. The monoisotopic (exact) mass is 766 g/mol. The van der Waals surface area contributed by atoms with Crippen molar-refractivity contribution >= 4 is 55.7 Å². The van der Waals surface area contributed by atoms with Crippen molar-refractivity contribution in [1.29, 1.82) is 0 Å². The summed E-state index contributed by atoms with van der Waals surface area (Å²) in [5.74, 6) is 1.70. The van der Waals surface area contributed by atoms with E-state index in [9.17, 15) is 0 Å². The Kier molecular flexibility index (Phi) is 7.76. The highest BCUT2D eigenvalue weighted by atomic mass is 16.5. The van der Waals surface area contributed by atoms with Crippen LogP contribution in [0.2, 0.25) is 0 Å². The van der Waals surface area contributed by atoms with Crippen LogP contribution < -0.4 is 14.5 Å². The lowest BCUT2D eigenvalue weighted by Crippen LogP contribution is -2.32. The Morgan fingerprint density at radius 1 is 0.317 bits per heavy atom. The molecule has 60 heavy (non-hydrogen) atoms. The third-order valence-electron chi connectivity index (χ3n) is 12.4. The summed E-state index contributed by atoms with van der Waals surface area (Å²) in [4.78, 5) is 4.78. The van der Waals surface area contributed by atoms with Gasteiger partial charge in [0.25, 0.3) is 0 Å². The zero-order valence-corrected chi connectivity index (χ0v) is 32.7. The van der Waals surface area contributed by atoms with Crippen LogP contribution in [-0.4, -0.2) is 0 Å². The Morgan fingerprint density at radius 2 is 0.800 bits per heavy atom. The van der Waals surface area contributed by atoms with Crippen molar-refractivity contribution in [2.24, 2.45) is 0 Å². The van der Waals surface area contributed by atoms with E-state index in [1.807, 2.05) is 0 Å². The number of para-hydroxylation sites is 4. The minimum absolute atomic E-state index is 0.681. The highest BCUT2D eigenvalue weighted by Crippen LogP contribution is 2.65. The van der Waals surface area contributed by atoms with Crippen molar-refractivity contribution in [2.75, 3.05) is 9.80 Å². The Balaban J connectivity index is 1.15. The number of nitrogens with zero attached hydrogens (tertiary/aromatic N) is 2. The molecule has 1 unspecified atom stereocenters. The Hall–Kier alpha value is -7.88. The van der Waals surface area contributed by atoms with Crippen molar-refractivity contribution in [3.63, 3.8) is 0 Å². The van der Waals surface area contributed by atoms with E-state index >= 15 is 0 Å². The minimum Gasteiger partial charge on any atom is -0.454 e. The van der Waals surface area contributed by atoms with E-state index in [0.29, 0.717) is 0 Å². The average Bonchev–Trinajstić information content (AvgIpc) is 3.61. The van der Waals surface area contributed by atoms with Crippen LogP contribution in [0.25, 0.3) is 32.7 Å². The zero-order chi connectivity index (χ0) is 39.6. The van der Waals surface area contributed by atoms with Crippen LogP contribution in [0.5, 0.6) is 11.5 Å². The second kappa shape index (κ2) is 13.6. The number of benzene rings is 10. The minimum atomic E-state index is -0.681. The third-order valence-corrected chi connectivity index (χ3v) is 12.4. The topological polar surface area (TPSA) is 15.7 Å². The molecule has 3 heteroatoms. The van der Waals surface area contributed by atoms with Gasteiger partial charge in [0, 0.05) is 39.4 Å². The van der Waals surface area contributed by atoms with Gasteiger partial charge in [-0.3, -0.25) is 0 Å². The SMILES string of the molecule is c1ccc(N(c2ccc3ccccc3c2)c2cccc3c2Oc2ccccc2C32c3ccccc3-c3c(N(c4ccccc4)c4ccc5ccccc5c4)cccc32)cc1. The van der Waals surface area contributed by atoms with Gasteiger partial charge in [0.15, 0.2) is 5.75 Å². The Labute approximate surface area is 349 Å². The third kappa shape index (κ3) is 5.09. The molecule has 2 aliphatic rings. The lowest BCUT2D eigenvalue weighted by Gasteiger charge is -2.41. The second-order valence-electron chi connectivity index (χ2n) is 15.7. The van der Waals surface area contributed by atoms with Gasteiger partial charge in [0.1, 0.15) is 5.75 Å². The van der Waals surface area contributed by atoms with Crippen molar-refractivity contribution in [3.8, 4) is 22.6 Å². The predicted octanol–water partition coefficient (Wildman–Crippen LogP) is 15.4. The average molecular weight is 767 g/mol. The fraction of sp³-hybridized carbons (Fsp3) is 0.0175. The highest BCUT2D eigenvalue weighted by Gasteiger charge is 2.52. The maximum Gasteiger partial charge on any atom is 0.156 e. The number of rotatable bonds is 6. The van der Waals surface area contributed by atoms with Crippen molar-refractivity contribution in [1.82, 2.24) is 0 Å². The molecular formula is C57H38N2O. The van der Waals surface area contributed by atoms with Gasteiger partial charge >= 0.3 is 0 Å².